The van der Waals surface area contributed by atoms with Gasteiger partial charge in [-0.05, 0) is 24.1 Å². The quantitative estimate of drug-likeness (QED) is 0.645. The highest BCUT2D eigenvalue weighted by atomic mass is 35.5. The van der Waals surface area contributed by atoms with E-state index in [0.29, 0.717) is 10.6 Å². The molecule has 0 saturated heterocycles. The van der Waals surface area contributed by atoms with E-state index in [0.717, 1.165) is 5.56 Å². The van der Waals surface area contributed by atoms with Crippen LogP contribution < -0.4 is 5.32 Å². The molecule has 2 aromatic rings. The first kappa shape index (κ1) is 18.0. The van der Waals surface area contributed by atoms with Crippen LogP contribution in [-0.2, 0) is 14.3 Å². The monoisotopic (exact) mass is 364 g/mol. The molecule has 0 aliphatic rings. The van der Waals surface area contributed by atoms with E-state index in [4.69, 9.17) is 27.9 Å². The predicted octanol–water partition coefficient (Wildman–Crippen LogP) is 3.89. The van der Waals surface area contributed by atoms with Gasteiger partial charge in [-0.15, -0.1) is 0 Å². The fraction of sp³-hybridized carbons (Fsp3) is 0.118. The van der Waals surface area contributed by atoms with Crippen LogP contribution in [0.1, 0.15) is 11.1 Å². The van der Waals surface area contributed by atoms with E-state index in [9.17, 15) is 9.59 Å². The van der Waals surface area contributed by atoms with Crippen molar-refractivity contribution in [3.05, 3.63) is 63.8 Å². The number of halogens is 2. The lowest BCUT2D eigenvalue weighted by Crippen LogP contribution is -2.21. The van der Waals surface area contributed by atoms with Gasteiger partial charge in [0.1, 0.15) is 0 Å². The third-order valence-electron chi connectivity index (χ3n) is 3.02. The maximum atomic E-state index is 11.8. The van der Waals surface area contributed by atoms with Crippen molar-refractivity contribution in [3.8, 4) is 0 Å². The highest BCUT2D eigenvalue weighted by Gasteiger charge is 2.12. The number of pyridine rings is 1. The van der Waals surface area contributed by atoms with E-state index in [-0.39, 0.29) is 10.8 Å². The zero-order valence-corrected chi connectivity index (χ0v) is 14.3. The average molecular weight is 365 g/mol. The molecule has 0 atom stereocenters. The van der Waals surface area contributed by atoms with Crippen LogP contribution in [0.4, 0.5) is 5.82 Å². The molecule has 0 spiro atoms. The van der Waals surface area contributed by atoms with Gasteiger partial charge >= 0.3 is 5.97 Å². The van der Waals surface area contributed by atoms with Gasteiger partial charge in [0.15, 0.2) is 12.4 Å². The second-order valence-corrected chi connectivity index (χ2v) is 5.58. The zero-order chi connectivity index (χ0) is 17.5. The molecule has 1 aromatic heterocycles. The van der Waals surface area contributed by atoms with Gasteiger partial charge in [0.25, 0.3) is 5.91 Å². The number of nitrogens with one attached hydrogen (secondary N) is 1. The number of esters is 1. The Kier molecular flexibility index (Phi) is 6.35. The second-order valence-electron chi connectivity index (χ2n) is 4.79. The van der Waals surface area contributed by atoms with Crippen LogP contribution in [0, 0.1) is 6.92 Å². The fourth-order valence-electron chi connectivity index (χ4n) is 1.73. The molecule has 0 fully saturated rings. The maximum absolute atomic E-state index is 11.8. The number of carbonyl (C=O) groups excluding carboxylic acids is 2. The van der Waals surface area contributed by atoms with Crippen molar-refractivity contribution in [2.45, 2.75) is 6.92 Å². The van der Waals surface area contributed by atoms with Gasteiger partial charge in [0.2, 0.25) is 0 Å². The van der Waals surface area contributed by atoms with Crippen LogP contribution in [0.15, 0.2) is 42.6 Å². The topological polar surface area (TPSA) is 68.3 Å². The Morgan fingerprint density at radius 3 is 2.67 bits per heavy atom. The van der Waals surface area contributed by atoms with Crippen LogP contribution in [0.5, 0.6) is 0 Å². The lowest BCUT2D eigenvalue weighted by atomic mass is 10.2. The predicted molar refractivity (Wildman–Crippen MR) is 94.1 cm³/mol. The molecule has 1 heterocycles. The van der Waals surface area contributed by atoms with Gasteiger partial charge in [-0.25, -0.2) is 9.78 Å². The van der Waals surface area contributed by atoms with Crippen LogP contribution >= 0.6 is 23.2 Å². The molecule has 0 aliphatic carbocycles. The van der Waals surface area contributed by atoms with E-state index in [1.807, 2.05) is 30.3 Å². The summed E-state index contributed by atoms with van der Waals surface area (Å²) in [5.74, 6) is -1.01. The molecular weight excluding hydrogens is 351 g/mol. The highest BCUT2D eigenvalue weighted by Crippen LogP contribution is 2.28. The normalized spacial score (nSPS) is 10.6. The zero-order valence-electron chi connectivity index (χ0n) is 12.8. The Labute approximate surface area is 149 Å². The number of rotatable bonds is 5. The van der Waals surface area contributed by atoms with Gasteiger partial charge in [-0.1, -0.05) is 53.5 Å². The molecule has 0 bridgehead atoms. The minimum atomic E-state index is -0.625. The molecule has 24 heavy (non-hydrogen) atoms. The number of anilines is 1. The molecule has 5 nitrogen and oxygen atoms in total. The number of ether oxygens (including phenoxy) is 1. The van der Waals surface area contributed by atoms with Crippen molar-refractivity contribution in [3.63, 3.8) is 0 Å². The highest BCUT2D eigenvalue weighted by molar-refractivity contribution is 6.37. The van der Waals surface area contributed by atoms with E-state index in [2.05, 4.69) is 10.3 Å². The van der Waals surface area contributed by atoms with E-state index in [1.165, 1.54) is 12.3 Å². The summed E-state index contributed by atoms with van der Waals surface area (Å²) in [7, 11) is 0. The SMILES string of the molecule is Cc1c(Cl)cnc(NC(=O)COC(=O)C=Cc2ccccc2)c1Cl. The number of hydrogen-bond donors (Lipinski definition) is 1. The van der Waals surface area contributed by atoms with Crippen molar-refractivity contribution < 1.29 is 14.3 Å². The third-order valence-corrected chi connectivity index (χ3v) is 3.86. The first-order valence-electron chi connectivity index (χ1n) is 6.97. The summed E-state index contributed by atoms with van der Waals surface area (Å²) in [6.07, 6.45) is 4.23. The number of carbonyl (C=O) groups is 2. The van der Waals surface area contributed by atoms with Crippen molar-refractivity contribution in [2.24, 2.45) is 0 Å². The first-order chi connectivity index (χ1) is 11.5. The van der Waals surface area contributed by atoms with Crippen molar-refractivity contribution >= 4 is 47.0 Å². The van der Waals surface area contributed by atoms with Crippen molar-refractivity contribution in [1.29, 1.82) is 0 Å². The third kappa shape index (κ3) is 5.08. The molecule has 0 radical (unpaired) electrons. The van der Waals surface area contributed by atoms with E-state index < -0.39 is 18.5 Å². The Morgan fingerprint density at radius 1 is 1.25 bits per heavy atom. The van der Waals surface area contributed by atoms with Crippen LogP contribution in [0.2, 0.25) is 10.0 Å². The first-order valence-corrected chi connectivity index (χ1v) is 7.73. The summed E-state index contributed by atoms with van der Waals surface area (Å²) in [5.41, 5.74) is 1.46. The van der Waals surface area contributed by atoms with E-state index >= 15 is 0 Å². The van der Waals surface area contributed by atoms with Gasteiger partial charge < -0.3 is 10.1 Å². The van der Waals surface area contributed by atoms with E-state index in [1.54, 1.807) is 13.0 Å². The van der Waals surface area contributed by atoms with Gasteiger partial charge in [-0.3, -0.25) is 4.79 Å². The molecule has 1 aromatic carbocycles. The number of aromatic nitrogens is 1. The number of hydrogen-bond acceptors (Lipinski definition) is 4. The van der Waals surface area contributed by atoms with Crippen LogP contribution in [0.25, 0.3) is 6.08 Å². The Balaban J connectivity index is 1.86. The smallest absolute Gasteiger partial charge is 0.331 e. The average Bonchev–Trinajstić information content (AvgIpc) is 2.59. The molecule has 124 valence electrons. The summed E-state index contributed by atoms with van der Waals surface area (Å²) in [6.45, 7) is 1.26. The molecule has 1 N–H and O–H groups in total. The summed E-state index contributed by atoms with van der Waals surface area (Å²) in [5, 5.41) is 3.11. The minimum absolute atomic E-state index is 0.166. The Bertz CT molecular complexity index is 777. The Morgan fingerprint density at radius 2 is 1.96 bits per heavy atom. The molecule has 7 heteroatoms. The Hall–Kier alpha value is -2.37. The standard InChI is InChI=1S/C17H14Cl2N2O3/c1-11-13(18)9-20-17(16(11)19)21-14(22)10-24-15(23)8-7-12-5-3-2-4-6-12/h2-9H,10H2,1H3,(H,20,21,22). The molecule has 2 rings (SSSR count). The number of amides is 1. The summed E-state index contributed by atoms with van der Waals surface area (Å²) in [6, 6.07) is 9.25. The summed E-state index contributed by atoms with van der Waals surface area (Å²) >= 11 is 11.9. The number of nitrogens with zero attached hydrogens (tertiary/aromatic N) is 1. The molecule has 0 aliphatic heterocycles. The maximum Gasteiger partial charge on any atom is 0.331 e. The fourth-order valence-corrected chi connectivity index (χ4v) is 2.12. The lowest BCUT2D eigenvalue weighted by molar-refractivity contribution is -0.142. The minimum Gasteiger partial charge on any atom is -0.452 e. The summed E-state index contributed by atoms with van der Waals surface area (Å²) < 4.78 is 4.86. The van der Waals surface area contributed by atoms with Gasteiger partial charge in [0, 0.05) is 12.3 Å². The van der Waals surface area contributed by atoms with Crippen molar-refractivity contribution in [1.82, 2.24) is 4.98 Å². The second kappa shape index (κ2) is 8.47. The van der Waals surface area contributed by atoms with Crippen molar-refractivity contribution in [2.75, 3.05) is 11.9 Å². The van der Waals surface area contributed by atoms with Crippen LogP contribution in [-0.4, -0.2) is 23.5 Å². The van der Waals surface area contributed by atoms with Crippen LogP contribution in [0.3, 0.4) is 0 Å². The number of benzene rings is 1. The summed E-state index contributed by atoms with van der Waals surface area (Å²) in [4.78, 5) is 27.3. The van der Waals surface area contributed by atoms with Gasteiger partial charge in [-0.2, -0.15) is 0 Å². The van der Waals surface area contributed by atoms with Gasteiger partial charge in [0.05, 0.1) is 10.0 Å². The lowest BCUT2D eigenvalue weighted by Gasteiger charge is -2.09. The molecular formula is C17H14Cl2N2O3. The molecule has 0 unspecified atom stereocenters. The largest absolute Gasteiger partial charge is 0.452 e. The molecule has 0 saturated carbocycles. The molecule has 1 amide bonds.